The Balaban J connectivity index is 2.00. The van der Waals surface area contributed by atoms with E-state index < -0.39 is 12.0 Å². The SMILES string of the molecule is COC(=O)C1=C(C)N=c2s/c(=C/c3ccccc3Cl)c(=O)n2[C@@H]1c1ccc(OC)c(OC)c1. The van der Waals surface area contributed by atoms with E-state index in [1.165, 1.54) is 30.1 Å². The van der Waals surface area contributed by atoms with Crippen LogP contribution in [0.5, 0.6) is 11.5 Å². The van der Waals surface area contributed by atoms with Gasteiger partial charge in [0, 0.05) is 5.02 Å². The molecule has 1 aliphatic rings. The smallest absolute Gasteiger partial charge is 0.338 e. The highest BCUT2D eigenvalue weighted by Gasteiger charge is 2.33. The summed E-state index contributed by atoms with van der Waals surface area (Å²) < 4.78 is 17.8. The van der Waals surface area contributed by atoms with Crippen LogP contribution in [0.4, 0.5) is 0 Å². The Morgan fingerprint density at radius 3 is 2.52 bits per heavy atom. The molecular weight excluding hydrogens is 464 g/mol. The Bertz CT molecular complexity index is 1450. The van der Waals surface area contributed by atoms with Gasteiger partial charge in [0.2, 0.25) is 0 Å². The second kappa shape index (κ2) is 9.25. The molecule has 0 N–H and O–H groups in total. The molecule has 7 nitrogen and oxygen atoms in total. The van der Waals surface area contributed by atoms with Crippen molar-refractivity contribution in [3.63, 3.8) is 0 Å². The summed E-state index contributed by atoms with van der Waals surface area (Å²) in [6, 6.07) is 11.8. The van der Waals surface area contributed by atoms with Gasteiger partial charge in [0.1, 0.15) is 0 Å². The van der Waals surface area contributed by atoms with E-state index in [2.05, 4.69) is 4.99 Å². The summed E-state index contributed by atoms with van der Waals surface area (Å²) in [4.78, 5) is 31.4. The lowest BCUT2D eigenvalue weighted by Crippen LogP contribution is -2.39. The molecule has 4 rings (SSSR count). The molecule has 2 aromatic carbocycles. The molecule has 0 fully saturated rings. The van der Waals surface area contributed by atoms with E-state index in [1.54, 1.807) is 44.4 Å². The molecule has 1 aliphatic heterocycles. The molecule has 0 unspecified atom stereocenters. The summed E-state index contributed by atoms with van der Waals surface area (Å²) >= 11 is 7.53. The van der Waals surface area contributed by atoms with Crippen molar-refractivity contribution in [3.8, 4) is 11.5 Å². The van der Waals surface area contributed by atoms with Crippen LogP contribution >= 0.6 is 22.9 Å². The van der Waals surface area contributed by atoms with Gasteiger partial charge in [-0.2, -0.15) is 0 Å². The highest BCUT2D eigenvalue weighted by Crippen LogP contribution is 2.35. The summed E-state index contributed by atoms with van der Waals surface area (Å²) in [5.74, 6) is 0.455. The van der Waals surface area contributed by atoms with E-state index in [-0.39, 0.29) is 11.1 Å². The van der Waals surface area contributed by atoms with Crippen LogP contribution in [0.15, 0.2) is 63.5 Å². The lowest BCUT2D eigenvalue weighted by Gasteiger charge is -2.25. The normalized spacial score (nSPS) is 15.7. The molecule has 0 aliphatic carbocycles. The largest absolute Gasteiger partial charge is 0.493 e. The molecule has 33 heavy (non-hydrogen) atoms. The van der Waals surface area contributed by atoms with E-state index in [0.29, 0.717) is 37.1 Å². The van der Waals surface area contributed by atoms with E-state index in [4.69, 9.17) is 25.8 Å². The number of methoxy groups -OCH3 is 3. The molecule has 3 aromatic rings. The van der Waals surface area contributed by atoms with Gasteiger partial charge in [0.15, 0.2) is 16.3 Å². The Kier molecular flexibility index (Phi) is 6.40. The first-order chi connectivity index (χ1) is 15.9. The Morgan fingerprint density at radius 1 is 1.12 bits per heavy atom. The molecule has 1 atom stereocenters. The van der Waals surface area contributed by atoms with Crippen LogP contribution in [0.2, 0.25) is 5.02 Å². The minimum Gasteiger partial charge on any atom is -0.493 e. The Labute approximate surface area is 198 Å². The first kappa shape index (κ1) is 22.8. The van der Waals surface area contributed by atoms with Crippen LogP contribution in [0.25, 0.3) is 6.08 Å². The maximum atomic E-state index is 13.6. The van der Waals surface area contributed by atoms with E-state index in [9.17, 15) is 9.59 Å². The zero-order chi connectivity index (χ0) is 23.7. The highest BCUT2D eigenvalue weighted by molar-refractivity contribution is 7.07. The van der Waals surface area contributed by atoms with Crippen molar-refractivity contribution >= 4 is 35.0 Å². The lowest BCUT2D eigenvalue weighted by molar-refractivity contribution is -0.136. The molecular formula is C24H21ClN2O5S. The first-order valence-corrected chi connectivity index (χ1v) is 11.2. The number of carbonyl (C=O) groups is 1. The molecule has 2 heterocycles. The van der Waals surface area contributed by atoms with E-state index in [1.807, 2.05) is 18.2 Å². The maximum absolute atomic E-state index is 13.6. The minimum atomic E-state index is -0.748. The highest BCUT2D eigenvalue weighted by atomic mass is 35.5. The zero-order valence-electron chi connectivity index (χ0n) is 18.4. The standard InChI is InChI=1S/C24H21ClN2O5S/c1-13-20(23(29)32-4)21(15-9-10-17(30-2)18(11-15)31-3)27-22(28)19(33-24(27)26-13)12-14-7-5-6-8-16(14)25/h5-12,21H,1-4H3/b19-12+/t21-/m1/s1. The third-order valence-corrected chi connectivity index (χ3v) is 6.67. The number of benzene rings is 2. The van der Waals surface area contributed by atoms with Crippen molar-refractivity contribution < 1.29 is 19.0 Å². The summed E-state index contributed by atoms with van der Waals surface area (Å²) in [5.41, 5.74) is 1.85. The average Bonchev–Trinajstić information content (AvgIpc) is 3.13. The number of rotatable bonds is 5. The van der Waals surface area contributed by atoms with Crippen LogP contribution in [-0.2, 0) is 9.53 Å². The van der Waals surface area contributed by atoms with Crippen molar-refractivity contribution in [1.82, 2.24) is 4.57 Å². The van der Waals surface area contributed by atoms with Gasteiger partial charge in [-0.25, -0.2) is 9.79 Å². The molecule has 0 bridgehead atoms. The van der Waals surface area contributed by atoms with E-state index >= 15 is 0 Å². The van der Waals surface area contributed by atoms with Gasteiger partial charge in [0.25, 0.3) is 5.56 Å². The fourth-order valence-electron chi connectivity index (χ4n) is 3.76. The minimum absolute atomic E-state index is 0.279. The number of allylic oxidation sites excluding steroid dienone is 1. The molecule has 0 radical (unpaired) electrons. The number of carbonyl (C=O) groups excluding carboxylic acids is 1. The van der Waals surface area contributed by atoms with Gasteiger partial charge >= 0.3 is 5.97 Å². The molecule has 0 spiro atoms. The number of ether oxygens (including phenoxy) is 3. The fourth-order valence-corrected chi connectivity index (χ4v) is 4.99. The second-order valence-corrected chi connectivity index (χ2v) is 8.63. The number of nitrogens with zero attached hydrogens (tertiary/aromatic N) is 2. The molecule has 9 heteroatoms. The van der Waals surface area contributed by atoms with Crippen LogP contribution in [0, 0.1) is 0 Å². The fraction of sp³-hybridized carbons (Fsp3) is 0.208. The van der Waals surface area contributed by atoms with Crippen LogP contribution in [0.3, 0.4) is 0 Å². The van der Waals surface area contributed by atoms with Gasteiger partial charge in [-0.05, 0) is 42.3 Å². The molecule has 1 aromatic heterocycles. The topological polar surface area (TPSA) is 79.1 Å². The summed E-state index contributed by atoms with van der Waals surface area (Å²) in [6.07, 6.45) is 1.73. The van der Waals surface area contributed by atoms with Crippen molar-refractivity contribution in [2.75, 3.05) is 21.3 Å². The van der Waals surface area contributed by atoms with Crippen LogP contribution in [0.1, 0.15) is 24.1 Å². The second-order valence-electron chi connectivity index (χ2n) is 7.21. The number of halogens is 1. The number of aromatic nitrogens is 1. The van der Waals surface area contributed by atoms with Crippen molar-refractivity contribution in [1.29, 1.82) is 0 Å². The number of fused-ring (bicyclic) bond motifs is 1. The Morgan fingerprint density at radius 2 is 1.85 bits per heavy atom. The number of hydrogen-bond acceptors (Lipinski definition) is 7. The Hall–Kier alpha value is -3.36. The van der Waals surface area contributed by atoms with Crippen molar-refractivity contribution in [3.05, 3.63) is 89.6 Å². The quantitative estimate of drug-likeness (QED) is 0.520. The molecule has 170 valence electrons. The number of hydrogen-bond donors (Lipinski definition) is 0. The van der Waals surface area contributed by atoms with Gasteiger partial charge in [-0.3, -0.25) is 9.36 Å². The predicted octanol–water partition coefficient (Wildman–Crippen LogP) is 3.08. The predicted molar refractivity (Wildman–Crippen MR) is 127 cm³/mol. The molecule has 0 saturated heterocycles. The average molecular weight is 485 g/mol. The van der Waals surface area contributed by atoms with Gasteiger partial charge in [-0.1, -0.05) is 47.2 Å². The summed E-state index contributed by atoms with van der Waals surface area (Å²) in [7, 11) is 4.37. The van der Waals surface area contributed by atoms with Gasteiger partial charge < -0.3 is 14.2 Å². The lowest BCUT2D eigenvalue weighted by atomic mass is 9.95. The van der Waals surface area contributed by atoms with Crippen molar-refractivity contribution in [2.45, 2.75) is 13.0 Å². The van der Waals surface area contributed by atoms with Gasteiger partial charge in [-0.15, -0.1) is 0 Å². The van der Waals surface area contributed by atoms with Crippen LogP contribution < -0.4 is 24.4 Å². The number of esters is 1. The van der Waals surface area contributed by atoms with E-state index in [0.717, 1.165) is 5.56 Å². The summed E-state index contributed by atoms with van der Waals surface area (Å²) in [5, 5.41) is 0.534. The molecule has 0 saturated carbocycles. The zero-order valence-corrected chi connectivity index (χ0v) is 20.0. The van der Waals surface area contributed by atoms with Crippen molar-refractivity contribution in [2.24, 2.45) is 4.99 Å². The third kappa shape index (κ3) is 4.07. The number of thiazole rings is 1. The summed E-state index contributed by atoms with van der Waals surface area (Å²) in [6.45, 7) is 1.73. The monoisotopic (exact) mass is 484 g/mol. The third-order valence-electron chi connectivity index (χ3n) is 5.34. The maximum Gasteiger partial charge on any atom is 0.338 e. The first-order valence-electron chi connectivity index (χ1n) is 9.97. The van der Waals surface area contributed by atoms with Gasteiger partial charge in [0.05, 0.1) is 43.2 Å². The molecule has 0 amide bonds. The van der Waals surface area contributed by atoms with Crippen LogP contribution in [-0.4, -0.2) is 31.9 Å².